The number of aromatic nitrogens is 2. The summed E-state index contributed by atoms with van der Waals surface area (Å²) in [6, 6.07) is 0. The molecule has 0 aliphatic heterocycles. The molecule has 1 heterocycles. The molecular formula is C14H25N3O2. The molecule has 0 radical (unpaired) electrons. The Morgan fingerprint density at radius 2 is 2.26 bits per heavy atom. The number of aryl methyl sites for hydroxylation is 2. The van der Waals surface area contributed by atoms with Crippen LogP contribution in [0, 0.1) is 6.92 Å². The minimum absolute atomic E-state index is 0.187. The van der Waals surface area contributed by atoms with Crippen LogP contribution in [0.3, 0.4) is 0 Å². The lowest BCUT2D eigenvalue weighted by atomic mass is 9.94. The Labute approximate surface area is 115 Å². The standard InChI is InChI=1S/C14H25N3O2/c1-5-16-14(3,13(18)19-4)8-6-7-10-17-11-9-15-12(17)2/h9,11,16H,5-8,10H2,1-4H3. The van der Waals surface area contributed by atoms with Crippen molar-refractivity contribution in [2.75, 3.05) is 13.7 Å². The van der Waals surface area contributed by atoms with E-state index in [0.29, 0.717) is 0 Å². The predicted molar refractivity (Wildman–Crippen MR) is 74.9 cm³/mol. The van der Waals surface area contributed by atoms with Crippen molar-refractivity contribution in [3.63, 3.8) is 0 Å². The maximum absolute atomic E-state index is 11.8. The number of esters is 1. The molecule has 0 fully saturated rings. The molecule has 0 aliphatic rings. The van der Waals surface area contributed by atoms with E-state index in [4.69, 9.17) is 4.74 Å². The number of carbonyl (C=O) groups is 1. The van der Waals surface area contributed by atoms with Gasteiger partial charge in [0.2, 0.25) is 0 Å². The zero-order valence-corrected chi connectivity index (χ0v) is 12.4. The van der Waals surface area contributed by atoms with Crippen molar-refractivity contribution in [1.29, 1.82) is 0 Å². The first kappa shape index (κ1) is 15.7. The molecule has 5 nitrogen and oxygen atoms in total. The number of unbranched alkanes of at least 4 members (excludes halogenated alkanes) is 1. The van der Waals surface area contributed by atoms with Crippen LogP contribution in [0.15, 0.2) is 12.4 Å². The molecule has 1 unspecified atom stereocenters. The van der Waals surface area contributed by atoms with Crippen LogP contribution in [0.2, 0.25) is 0 Å². The summed E-state index contributed by atoms with van der Waals surface area (Å²) in [6.45, 7) is 7.60. The minimum atomic E-state index is -0.576. The molecule has 0 saturated heterocycles. The zero-order chi connectivity index (χ0) is 14.3. The SMILES string of the molecule is CCNC(C)(CCCCn1ccnc1C)C(=O)OC. The van der Waals surface area contributed by atoms with Crippen molar-refractivity contribution in [2.24, 2.45) is 0 Å². The van der Waals surface area contributed by atoms with E-state index in [1.165, 1.54) is 7.11 Å². The molecule has 0 bridgehead atoms. The van der Waals surface area contributed by atoms with E-state index in [-0.39, 0.29) is 5.97 Å². The second kappa shape index (κ2) is 7.28. The number of ether oxygens (including phenoxy) is 1. The molecule has 19 heavy (non-hydrogen) atoms. The van der Waals surface area contributed by atoms with Gasteiger partial charge in [-0.15, -0.1) is 0 Å². The third-order valence-corrected chi connectivity index (χ3v) is 3.45. The van der Waals surface area contributed by atoms with Gasteiger partial charge in [0.1, 0.15) is 11.4 Å². The van der Waals surface area contributed by atoms with E-state index in [1.54, 1.807) is 0 Å². The first-order valence-corrected chi connectivity index (χ1v) is 6.84. The highest BCUT2D eigenvalue weighted by Crippen LogP contribution is 2.16. The van der Waals surface area contributed by atoms with Crippen LogP contribution >= 0.6 is 0 Å². The lowest BCUT2D eigenvalue weighted by molar-refractivity contribution is -0.148. The van der Waals surface area contributed by atoms with Gasteiger partial charge in [0.25, 0.3) is 0 Å². The molecule has 1 N–H and O–H groups in total. The molecule has 0 aliphatic carbocycles. The summed E-state index contributed by atoms with van der Waals surface area (Å²) in [5.74, 6) is 0.843. The van der Waals surface area contributed by atoms with Crippen LogP contribution < -0.4 is 5.32 Å². The molecule has 108 valence electrons. The van der Waals surface area contributed by atoms with Crippen LogP contribution in [0.5, 0.6) is 0 Å². The molecule has 1 rings (SSSR count). The maximum Gasteiger partial charge on any atom is 0.325 e. The Kier molecular flexibility index (Phi) is 6.02. The minimum Gasteiger partial charge on any atom is -0.468 e. The van der Waals surface area contributed by atoms with Crippen molar-refractivity contribution in [3.8, 4) is 0 Å². The van der Waals surface area contributed by atoms with Crippen LogP contribution in [0.4, 0.5) is 0 Å². The van der Waals surface area contributed by atoms with Gasteiger partial charge in [-0.25, -0.2) is 4.98 Å². The number of likely N-dealkylation sites (N-methyl/N-ethyl adjacent to an activating group) is 1. The van der Waals surface area contributed by atoms with Gasteiger partial charge in [0.15, 0.2) is 0 Å². The van der Waals surface area contributed by atoms with E-state index in [1.807, 2.05) is 33.2 Å². The van der Waals surface area contributed by atoms with E-state index in [2.05, 4.69) is 14.9 Å². The van der Waals surface area contributed by atoms with Crippen molar-refractivity contribution in [2.45, 2.75) is 52.1 Å². The number of rotatable bonds is 8. The lowest BCUT2D eigenvalue weighted by Crippen LogP contribution is -2.50. The largest absolute Gasteiger partial charge is 0.468 e. The highest BCUT2D eigenvalue weighted by molar-refractivity contribution is 5.80. The summed E-state index contributed by atoms with van der Waals surface area (Å²) in [6.07, 6.45) is 6.57. The van der Waals surface area contributed by atoms with Crippen LogP contribution in [0.1, 0.15) is 38.9 Å². The van der Waals surface area contributed by atoms with Crippen LogP contribution in [-0.4, -0.2) is 34.7 Å². The Morgan fingerprint density at radius 3 is 2.79 bits per heavy atom. The number of imidazole rings is 1. The number of methoxy groups -OCH3 is 1. The summed E-state index contributed by atoms with van der Waals surface area (Å²) in [5, 5.41) is 3.22. The zero-order valence-electron chi connectivity index (χ0n) is 12.4. The fourth-order valence-corrected chi connectivity index (χ4v) is 2.28. The van der Waals surface area contributed by atoms with Gasteiger partial charge < -0.3 is 14.6 Å². The normalized spacial score (nSPS) is 14.1. The number of nitrogens with zero attached hydrogens (tertiary/aromatic N) is 2. The fourth-order valence-electron chi connectivity index (χ4n) is 2.28. The molecule has 0 saturated carbocycles. The van der Waals surface area contributed by atoms with Gasteiger partial charge in [0.05, 0.1) is 7.11 Å². The second-order valence-electron chi connectivity index (χ2n) is 4.98. The van der Waals surface area contributed by atoms with Crippen molar-refractivity contribution < 1.29 is 9.53 Å². The summed E-state index contributed by atoms with van der Waals surface area (Å²) in [4.78, 5) is 16.0. The monoisotopic (exact) mass is 267 g/mol. The average molecular weight is 267 g/mol. The van der Waals surface area contributed by atoms with Gasteiger partial charge in [0, 0.05) is 18.9 Å². The average Bonchev–Trinajstić information content (AvgIpc) is 2.79. The number of hydrogen-bond donors (Lipinski definition) is 1. The first-order chi connectivity index (χ1) is 9.03. The van der Waals surface area contributed by atoms with E-state index < -0.39 is 5.54 Å². The van der Waals surface area contributed by atoms with Gasteiger partial charge in [-0.1, -0.05) is 6.92 Å². The molecule has 0 spiro atoms. The number of hydrogen-bond acceptors (Lipinski definition) is 4. The summed E-state index contributed by atoms with van der Waals surface area (Å²) in [7, 11) is 1.44. The topological polar surface area (TPSA) is 56.2 Å². The fraction of sp³-hybridized carbons (Fsp3) is 0.714. The molecule has 1 aromatic heterocycles. The van der Waals surface area contributed by atoms with Gasteiger partial charge in [-0.2, -0.15) is 0 Å². The molecule has 1 atom stereocenters. The van der Waals surface area contributed by atoms with Gasteiger partial charge >= 0.3 is 5.97 Å². The van der Waals surface area contributed by atoms with Gasteiger partial charge in [-0.05, 0) is 39.7 Å². The Hall–Kier alpha value is -1.36. The summed E-state index contributed by atoms with van der Waals surface area (Å²) >= 11 is 0. The Morgan fingerprint density at radius 1 is 1.53 bits per heavy atom. The number of nitrogens with one attached hydrogen (secondary N) is 1. The predicted octanol–water partition coefficient (Wildman–Crippen LogP) is 1.90. The second-order valence-corrected chi connectivity index (χ2v) is 4.98. The molecular weight excluding hydrogens is 242 g/mol. The van der Waals surface area contributed by atoms with E-state index >= 15 is 0 Å². The van der Waals surface area contributed by atoms with E-state index in [0.717, 1.165) is 38.2 Å². The molecule has 5 heteroatoms. The molecule has 0 aromatic carbocycles. The maximum atomic E-state index is 11.8. The highest BCUT2D eigenvalue weighted by atomic mass is 16.5. The first-order valence-electron chi connectivity index (χ1n) is 6.84. The molecule has 1 aromatic rings. The number of carbonyl (C=O) groups excluding carboxylic acids is 1. The Bertz CT molecular complexity index is 403. The van der Waals surface area contributed by atoms with Crippen molar-refractivity contribution >= 4 is 5.97 Å². The summed E-state index contributed by atoms with van der Waals surface area (Å²) in [5.41, 5.74) is -0.576. The highest BCUT2D eigenvalue weighted by Gasteiger charge is 2.32. The van der Waals surface area contributed by atoms with Crippen LogP contribution in [0.25, 0.3) is 0 Å². The van der Waals surface area contributed by atoms with E-state index in [9.17, 15) is 4.79 Å². The van der Waals surface area contributed by atoms with Crippen LogP contribution in [-0.2, 0) is 16.1 Å². The summed E-state index contributed by atoms with van der Waals surface area (Å²) < 4.78 is 7.00. The quantitative estimate of drug-likeness (QED) is 0.577. The lowest BCUT2D eigenvalue weighted by Gasteiger charge is -2.27. The van der Waals surface area contributed by atoms with Crippen molar-refractivity contribution in [1.82, 2.24) is 14.9 Å². The third-order valence-electron chi connectivity index (χ3n) is 3.45. The smallest absolute Gasteiger partial charge is 0.325 e. The van der Waals surface area contributed by atoms with Gasteiger partial charge in [-0.3, -0.25) is 4.79 Å². The molecule has 0 amide bonds. The third kappa shape index (κ3) is 4.35. The Balaban J connectivity index is 2.40. The van der Waals surface area contributed by atoms with Crippen molar-refractivity contribution in [3.05, 3.63) is 18.2 Å².